The first kappa shape index (κ1) is 16.5. The predicted octanol–water partition coefficient (Wildman–Crippen LogP) is 3.86. The van der Waals surface area contributed by atoms with Gasteiger partial charge in [-0.2, -0.15) is 10.4 Å². The number of aryl methyl sites for hydroxylation is 1. The van der Waals surface area contributed by atoms with Crippen LogP contribution in [0.25, 0.3) is 22.1 Å². The Bertz CT molecular complexity index is 1250. The predicted molar refractivity (Wildman–Crippen MR) is 98.6 cm³/mol. The van der Waals surface area contributed by atoms with Crippen LogP contribution in [0, 0.1) is 25.2 Å². The lowest BCUT2D eigenvalue weighted by Gasteiger charge is -2.10. The van der Waals surface area contributed by atoms with Crippen LogP contribution in [0.2, 0.25) is 0 Å². The van der Waals surface area contributed by atoms with Crippen LogP contribution in [-0.4, -0.2) is 15.2 Å². The normalized spacial score (nSPS) is 10.7. The van der Waals surface area contributed by atoms with E-state index in [4.69, 9.17) is 9.15 Å². The third-order valence-corrected chi connectivity index (χ3v) is 4.33. The van der Waals surface area contributed by atoms with E-state index in [2.05, 4.69) is 21.3 Å². The number of nitrogens with zero attached hydrogens (tertiary/aromatic N) is 3. The summed E-state index contributed by atoms with van der Waals surface area (Å²) in [5, 5.41) is 16.3. The van der Waals surface area contributed by atoms with Gasteiger partial charge in [0, 0.05) is 23.4 Å². The fraction of sp³-hybridized carbons (Fsp3) is 0.100. The number of hydrogen-bond acceptors (Lipinski definition) is 6. The smallest absolute Gasteiger partial charge is 0.267 e. The molecule has 3 heterocycles. The second kappa shape index (κ2) is 6.42. The number of aromatic nitrogens is 3. The van der Waals surface area contributed by atoms with E-state index in [-0.39, 0.29) is 5.56 Å². The van der Waals surface area contributed by atoms with Crippen molar-refractivity contribution >= 4 is 11.0 Å². The molecule has 0 radical (unpaired) electrons. The maximum absolute atomic E-state index is 11.8. The average Bonchev–Trinajstić information content (AvgIpc) is 3.11. The average molecular weight is 358 g/mol. The maximum atomic E-state index is 11.8. The van der Waals surface area contributed by atoms with Gasteiger partial charge in [-0.15, -0.1) is 0 Å². The molecule has 0 amide bonds. The molecule has 7 heteroatoms. The number of ether oxygens (including phenoxy) is 1. The Kier molecular flexibility index (Phi) is 3.94. The Hall–Kier alpha value is -3.92. The Morgan fingerprint density at radius 2 is 1.96 bits per heavy atom. The van der Waals surface area contributed by atoms with Crippen molar-refractivity contribution in [3.05, 3.63) is 70.0 Å². The van der Waals surface area contributed by atoms with E-state index >= 15 is 0 Å². The number of nitrogens with one attached hydrogen (secondary N) is 1. The first-order valence-corrected chi connectivity index (χ1v) is 8.19. The zero-order chi connectivity index (χ0) is 19.0. The van der Waals surface area contributed by atoms with E-state index in [9.17, 15) is 10.1 Å². The zero-order valence-corrected chi connectivity index (χ0v) is 14.6. The summed E-state index contributed by atoms with van der Waals surface area (Å²) in [6.45, 7) is 3.61. The van der Waals surface area contributed by atoms with Gasteiger partial charge in [0.2, 0.25) is 5.88 Å². The van der Waals surface area contributed by atoms with Crippen LogP contribution in [0.1, 0.15) is 16.8 Å². The molecule has 4 rings (SSSR count). The van der Waals surface area contributed by atoms with Crippen molar-refractivity contribution in [1.29, 1.82) is 5.26 Å². The van der Waals surface area contributed by atoms with Gasteiger partial charge >= 0.3 is 0 Å². The number of rotatable bonds is 3. The number of hydrogen-bond donors (Lipinski definition) is 1. The van der Waals surface area contributed by atoms with Crippen LogP contribution in [0.15, 0.2) is 52.0 Å². The molecule has 1 aromatic carbocycles. The number of nitriles is 1. The largest absolute Gasteiger partial charge is 0.463 e. The van der Waals surface area contributed by atoms with Crippen LogP contribution in [0.5, 0.6) is 11.6 Å². The summed E-state index contributed by atoms with van der Waals surface area (Å²) < 4.78 is 11.2. The van der Waals surface area contributed by atoms with Crippen LogP contribution in [0.3, 0.4) is 0 Å². The highest BCUT2D eigenvalue weighted by atomic mass is 16.5. The maximum Gasteiger partial charge on any atom is 0.267 e. The van der Waals surface area contributed by atoms with E-state index in [1.807, 2.05) is 19.1 Å². The number of pyridine rings is 1. The highest BCUT2D eigenvalue weighted by Crippen LogP contribution is 2.32. The second-order valence-electron chi connectivity index (χ2n) is 6.02. The van der Waals surface area contributed by atoms with Crippen molar-refractivity contribution in [2.24, 2.45) is 0 Å². The highest BCUT2D eigenvalue weighted by molar-refractivity contribution is 5.88. The summed E-state index contributed by atoms with van der Waals surface area (Å²) >= 11 is 0. The van der Waals surface area contributed by atoms with Crippen molar-refractivity contribution in [2.75, 3.05) is 0 Å². The summed E-state index contributed by atoms with van der Waals surface area (Å²) in [5.41, 5.74) is 3.70. The molecule has 1 N–H and O–H groups in total. The van der Waals surface area contributed by atoms with Gasteiger partial charge in [0.05, 0.1) is 5.69 Å². The first-order valence-electron chi connectivity index (χ1n) is 8.19. The molecule has 0 aliphatic rings. The second-order valence-corrected chi connectivity index (χ2v) is 6.02. The minimum absolute atomic E-state index is 0.212. The van der Waals surface area contributed by atoms with E-state index in [0.29, 0.717) is 33.7 Å². The van der Waals surface area contributed by atoms with Crippen LogP contribution < -0.4 is 10.3 Å². The lowest BCUT2D eigenvalue weighted by atomic mass is 10.0. The summed E-state index contributed by atoms with van der Waals surface area (Å²) in [6.07, 6.45) is 2.94. The van der Waals surface area contributed by atoms with Gasteiger partial charge in [-0.3, -0.25) is 4.79 Å². The van der Waals surface area contributed by atoms with Gasteiger partial charge in [-0.25, -0.2) is 10.1 Å². The minimum atomic E-state index is -0.212. The van der Waals surface area contributed by atoms with Gasteiger partial charge in [0.1, 0.15) is 34.6 Å². The molecule has 0 saturated heterocycles. The molecule has 0 fully saturated rings. The molecule has 132 valence electrons. The highest BCUT2D eigenvalue weighted by Gasteiger charge is 2.14. The molecule has 0 atom stereocenters. The fourth-order valence-corrected chi connectivity index (χ4v) is 3.00. The number of aromatic amines is 1. The van der Waals surface area contributed by atoms with Crippen molar-refractivity contribution in [3.63, 3.8) is 0 Å². The quantitative estimate of drug-likeness (QED) is 0.596. The van der Waals surface area contributed by atoms with Gasteiger partial charge in [0.25, 0.3) is 5.56 Å². The van der Waals surface area contributed by atoms with E-state index in [0.717, 1.165) is 16.8 Å². The van der Waals surface area contributed by atoms with E-state index in [1.165, 1.54) is 6.26 Å². The molecule has 0 unspecified atom stereocenters. The molecule has 0 bridgehead atoms. The first-order chi connectivity index (χ1) is 13.1. The minimum Gasteiger partial charge on any atom is -0.463 e. The SMILES string of the molecule is Cc1n[nH]c(=O)c(C)c1-c1ccc(Oc2nccc3occ(C#N)c23)cc1. The Morgan fingerprint density at radius 1 is 1.19 bits per heavy atom. The third kappa shape index (κ3) is 2.83. The van der Waals surface area contributed by atoms with Crippen molar-refractivity contribution in [3.8, 4) is 28.8 Å². The van der Waals surface area contributed by atoms with Gasteiger partial charge in [0.15, 0.2) is 0 Å². The monoisotopic (exact) mass is 358 g/mol. The molecule has 0 saturated carbocycles. The number of furan rings is 1. The van der Waals surface area contributed by atoms with Crippen LogP contribution in [-0.2, 0) is 0 Å². The van der Waals surface area contributed by atoms with Crippen LogP contribution in [0.4, 0.5) is 0 Å². The molecule has 4 aromatic rings. The Morgan fingerprint density at radius 3 is 2.70 bits per heavy atom. The number of H-pyrrole nitrogens is 1. The van der Waals surface area contributed by atoms with Crippen molar-refractivity contribution < 1.29 is 9.15 Å². The molecule has 0 aliphatic carbocycles. The number of benzene rings is 1. The summed E-state index contributed by atoms with van der Waals surface area (Å²) in [7, 11) is 0. The van der Waals surface area contributed by atoms with Crippen molar-refractivity contribution in [1.82, 2.24) is 15.2 Å². The fourth-order valence-electron chi connectivity index (χ4n) is 3.00. The van der Waals surface area contributed by atoms with Crippen molar-refractivity contribution in [2.45, 2.75) is 13.8 Å². The summed E-state index contributed by atoms with van der Waals surface area (Å²) in [4.78, 5) is 16.1. The van der Waals surface area contributed by atoms with Gasteiger partial charge in [-0.05, 0) is 31.5 Å². The standard InChI is InChI=1S/C20H14N4O3/c1-11-17(12(2)23-24-19(11)25)13-3-5-15(6-4-13)27-20-18-14(9-21)10-26-16(18)7-8-22-20/h3-8,10H,1-2H3,(H,24,25). The summed E-state index contributed by atoms with van der Waals surface area (Å²) in [5.74, 6) is 0.854. The Balaban J connectivity index is 1.71. The molecule has 0 spiro atoms. The molecule has 0 aliphatic heterocycles. The molecule has 7 nitrogen and oxygen atoms in total. The third-order valence-electron chi connectivity index (χ3n) is 4.33. The number of fused-ring (bicyclic) bond motifs is 1. The van der Waals surface area contributed by atoms with Crippen LogP contribution >= 0.6 is 0 Å². The lowest BCUT2D eigenvalue weighted by molar-refractivity contribution is 0.468. The molecular formula is C20H14N4O3. The van der Waals surface area contributed by atoms with E-state index < -0.39 is 0 Å². The molecule has 3 aromatic heterocycles. The molecule has 27 heavy (non-hydrogen) atoms. The topological polar surface area (TPSA) is 105 Å². The van der Waals surface area contributed by atoms with Gasteiger partial charge in [-0.1, -0.05) is 12.1 Å². The van der Waals surface area contributed by atoms with E-state index in [1.54, 1.807) is 31.3 Å². The lowest BCUT2D eigenvalue weighted by Crippen LogP contribution is -2.14. The zero-order valence-electron chi connectivity index (χ0n) is 14.6. The summed E-state index contributed by atoms with van der Waals surface area (Å²) in [6, 6.07) is 11.0. The van der Waals surface area contributed by atoms with Gasteiger partial charge < -0.3 is 9.15 Å². The molecular weight excluding hydrogens is 344 g/mol. The Labute approximate surface area is 153 Å².